The van der Waals surface area contributed by atoms with Gasteiger partial charge >= 0.3 is 0 Å². The third-order valence-corrected chi connectivity index (χ3v) is 6.31. The quantitative estimate of drug-likeness (QED) is 0.533. The second kappa shape index (κ2) is 10.1. The first kappa shape index (κ1) is 22.7. The second-order valence-electron chi connectivity index (χ2n) is 8.58. The number of amides is 1. The zero-order valence-electron chi connectivity index (χ0n) is 19.3. The summed E-state index contributed by atoms with van der Waals surface area (Å²) in [6.07, 6.45) is 7.92. The van der Waals surface area contributed by atoms with Crippen LogP contribution < -0.4 is 0 Å². The molecule has 8 heteroatoms. The van der Waals surface area contributed by atoms with Gasteiger partial charge in [0.1, 0.15) is 19.3 Å². The molecule has 2 unspecified atom stereocenters. The van der Waals surface area contributed by atoms with Crippen LogP contribution in [0.3, 0.4) is 0 Å². The maximum Gasteiger partial charge on any atom is 0.256 e. The third-order valence-electron chi connectivity index (χ3n) is 6.31. The minimum atomic E-state index is -0.916. The normalized spacial score (nSPS) is 21.4. The van der Waals surface area contributed by atoms with E-state index in [1.807, 2.05) is 78.9 Å². The van der Waals surface area contributed by atoms with Crippen LogP contribution in [0.4, 0.5) is 0 Å². The van der Waals surface area contributed by atoms with Crippen LogP contribution in [0.25, 0.3) is 11.1 Å². The standard InChI is InChI=1S/C27H26N4O4/c1-34-29-22-16-23(25-28-26(35-30-25)24(32)20-10-6-3-7-11-20)31(17-22)27(33)21-14-12-19(13-15-21)18-8-4-2-5-9-18/h2-10,12-15,20,23-24,32H,11,16-17H2,1H3/b29-22+/t20?,23-,24?/m0/s1. The third kappa shape index (κ3) is 4.79. The molecule has 5 rings (SSSR count). The average molecular weight is 471 g/mol. The Bertz CT molecular complexity index is 1260. The lowest BCUT2D eigenvalue weighted by molar-refractivity contribution is 0.0731. The number of aliphatic hydroxyl groups is 1. The predicted molar refractivity (Wildman–Crippen MR) is 130 cm³/mol. The van der Waals surface area contributed by atoms with Crippen molar-refractivity contribution in [1.82, 2.24) is 15.0 Å². The molecule has 0 spiro atoms. The monoisotopic (exact) mass is 470 g/mol. The molecule has 1 amide bonds. The van der Waals surface area contributed by atoms with E-state index in [1.165, 1.54) is 7.11 Å². The van der Waals surface area contributed by atoms with Crippen LogP contribution in [-0.4, -0.2) is 45.4 Å². The van der Waals surface area contributed by atoms with E-state index in [4.69, 9.17) is 9.36 Å². The van der Waals surface area contributed by atoms with Crippen LogP contribution in [0.2, 0.25) is 0 Å². The van der Waals surface area contributed by atoms with Crippen molar-refractivity contribution < 1.29 is 19.3 Å². The number of benzene rings is 2. The molecule has 8 nitrogen and oxygen atoms in total. The van der Waals surface area contributed by atoms with Crippen molar-refractivity contribution in [2.75, 3.05) is 13.7 Å². The molecule has 0 radical (unpaired) electrons. The fourth-order valence-corrected chi connectivity index (χ4v) is 4.47. The minimum absolute atomic E-state index is 0.136. The molecule has 35 heavy (non-hydrogen) atoms. The Morgan fingerprint density at radius 1 is 1.14 bits per heavy atom. The Morgan fingerprint density at radius 2 is 1.91 bits per heavy atom. The summed E-state index contributed by atoms with van der Waals surface area (Å²) in [6, 6.07) is 17.0. The molecule has 178 valence electrons. The van der Waals surface area contributed by atoms with Gasteiger partial charge in [0, 0.05) is 17.9 Å². The fourth-order valence-electron chi connectivity index (χ4n) is 4.47. The minimum Gasteiger partial charge on any atom is -0.399 e. The summed E-state index contributed by atoms with van der Waals surface area (Å²) in [5.41, 5.74) is 3.38. The van der Waals surface area contributed by atoms with Gasteiger partial charge in [0.25, 0.3) is 11.8 Å². The summed E-state index contributed by atoms with van der Waals surface area (Å²) < 4.78 is 5.41. The Morgan fingerprint density at radius 3 is 2.63 bits per heavy atom. The van der Waals surface area contributed by atoms with Crippen LogP contribution >= 0.6 is 0 Å². The summed E-state index contributed by atoms with van der Waals surface area (Å²) in [6.45, 7) is 0.292. The Hall–Kier alpha value is -4.04. The van der Waals surface area contributed by atoms with E-state index in [1.54, 1.807) is 4.90 Å². The molecule has 3 aromatic rings. The van der Waals surface area contributed by atoms with Gasteiger partial charge in [-0.3, -0.25) is 4.79 Å². The van der Waals surface area contributed by atoms with E-state index in [0.717, 1.165) is 11.1 Å². The zero-order chi connectivity index (χ0) is 24.2. The lowest BCUT2D eigenvalue weighted by Crippen LogP contribution is -2.31. The number of aliphatic hydroxyl groups excluding tert-OH is 1. The van der Waals surface area contributed by atoms with E-state index >= 15 is 0 Å². The van der Waals surface area contributed by atoms with Crippen molar-refractivity contribution in [3.05, 3.63) is 96.2 Å². The van der Waals surface area contributed by atoms with Gasteiger partial charge < -0.3 is 19.4 Å². The Balaban J connectivity index is 1.38. The number of carbonyl (C=O) groups is 1. The molecule has 3 atom stereocenters. The number of rotatable bonds is 6. The van der Waals surface area contributed by atoms with Crippen molar-refractivity contribution in [3.8, 4) is 11.1 Å². The smallest absolute Gasteiger partial charge is 0.256 e. The molecule has 2 aliphatic rings. The van der Waals surface area contributed by atoms with Crippen molar-refractivity contribution in [2.24, 2.45) is 11.1 Å². The molecule has 0 bridgehead atoms. The predicted octanol–water partition coefficient (Wildman–Crippen LogP) is 4.49. The molecular weight excluding hydrogens is 444 g/mol. The van der Waals surface area contributed by atoms with Crippen molar-refractivity contribution in [2.45, 2.75) is 25.0 Å². The number of carbonyl (C=O) groups excluding carboxylic acids is 1. The number of allylic oxidation sites excluding steroid dienone is 3. The highest BCUT2D eigenvalue weighted by molar-refractivity contribution is 6.00. The highest BCUT2D eigenvalue weighted by Crippen LogP contribution is 2.33. The van der Waals surface area contributed by atoms with Crippen LogP contribution in [0.15, 0.2) is 88.6 Å². The molecule has 1 aliphatic carbocycles. The number of oxime groups is 1. The number of aromatic nitrogens is 2. The van der Waals surface area contributed by atoms with E-state index in [0.29, 0.717) is 36.5 Å². The number of hydrogen-bond donors (Lipinski definition) is 1. The van der Waals surface area contributed by atoms with E-state index in [2.05, 4.69) is 15.3 Å². The van der Waals surface area contributed by atoms with Gasteiger partial charge in [-0.1, -0.05) is 77.1 Å². The number of nitrogens with zero attached hydrogens (tertiary/aromatic N) is 4. The van der Waals surface area contributed by atoms with Crippen LogP contribution in [0, 0.1) is 5.92 Å². The SMILES string of the molecule is CO/N=C1\C[C@@H](c2noc(C(O)C3C=CC=CC3)n2)N(C(=O)c2ccc(-c3ccccc3)cc2)C1. The molecule has 0 saturated carbocycles. The molecule has 2 aromatic carbocycles. The van der Waals surface area contributed by atoms with Gasteiger partial charge in [0.15, 0.2) is 5.82 Å². The van der Waals surface area contributed by atoms with E-state index < -0.39 is 12.1 Å². The van der Waals surface area contributed by atoms with Gasteiger partial charge in [0.05, 0.1) is 12.3 Å². The van der Waals surface area contributed by atoms with E-state index in [9.17, 15) is 9.90 Å². The number of likely N-dealkylation sites (tertiary alicyclic amines) is 1. The van der Waals surface area contributed by atoms with Crippen molar-refractivity contribution >= 4 is 11.6 Å². The molecular formula is C27H26N4O4. The van der Waals surface area contributed by atoms with E-state index in [-0.39, 0.29) is 17.7 Å². The summed E-state index contributed by atoms with van der Waals surface area (Å²) in [4.78, 5) is 24.6. The van der Waals surface area contributed by atoms with Gasteiger partial charge in [-0.2, -0.15) is 4.98 Å². The summed E-state index contributed by atoms with van der Waals surface area (Å²) in [7, 11) is 1.48. The molecule has 2 heterocycles. The summed E-state index contributed by atoms with van der Waals surface area (Å²) in [5.74, 6) is 0.179. The first-order valence-electron chi connectivity index (χ1n) is 11.5. The summed E-state index contributed by atoms with van der Waals surface area (Å²) in [5, 5.41) is 18.9. The van der Waals surface area contributed by atoms with Gasteiger partial charge in [-0.05, 0) is 29.7 Å². The molecule has 1 aromatic heterocycles. The highest BCUT2D eigenvalue weighted by Gasteiger charge is 2.38. The highest BCUT2D eigenvalue weighted by atomic mass is 16.6. The molecule has 1 fully saturated rings. The van der Waals surface area contributed by atoms with Gasteiger partial charge in [0.2, 0.25) is 0 Å². The van der Waals surface area contributed by atoms with Gasteiger partial charge in [-0.15, -0.1) is 0 Å². The zero-order valence-corrected chi connectivity index (χ0v) is 19.3. The topological polar surface area (TPSA) is 101 Å². The molecule has 1 N–H and O–H groups in total. The van der Waals surface area contributed by atoms with Crippen molar-refractivity contribution in [1.29, 1.82) is 0 Å². The van der Waals surface area contributed by atoms with Gasteiger partial charge in [-0.25, -0.2) is 0 Å². The first-order chi connectivity index (χ1) is 17.1. The second-order valence-corrected chi connectivity index (χ2v) is 8.58. The van der Waals surface area contributed by atoms with Crippen LogP contribution in [0.5, 0.6) is 0 Å². The molecule has 1 aliphatic heterocycles. The summed E-state index contributed by atoms with van der Waals surface area (Å²) >= 11 is 0. The van der Waals surface area contributed by atoms with Crippen molar-refractivity contribution in [3.63, 3.8) is 0 Å². The Kier molecular flexibility index (Phi) is 6.54. The van der Waals surface area contributed by atoms with Crippen LogP contribution in [-0.2, 0) is 4.84 Å². The largest absolute Gasteiger partial charge is 0.399 e. The fraction of sp³-hybridized carbons (Fsp3) is 0.259. The maximum absolute atomic E-state index is 13.5. The lowest BCUT2D eigenvalue weighted by atomic mass is 9.95. The molecule has 1 saturated heterocycles. The average Bonchev–Trinajstić information content (AvgIpc) is 3.57. The number of hydrogen-bond acceptors (Lipinski definition) is 7. The van der Waals surface area contributed by atoms with Crippen LogP contribution in [0.1, 0.15) is 47.1 Å². The lowest BCUT2D eigenvalue weighted by Gasteiger charge is -2.21. The maximum atomic E-state index is 13.5. The first-order valence-corrected chi connectivity index (χ1v) is 11.5. The Labute approximate surface area is 203 Å².